The van der Waals surface area contributed by atoms with Crippen molar-refractivity contribution in [3.63, 3.8) is 0 Å². The van der Waals surface area contributed by atoms with Gasteiger partial charge in [-0.1, -0.05) is 40.2 Å². The maximum Gasteiger partial charge on any atom is 0.258 e. The Morgan fingerprint density at radius 2 is 1.93 bits per heavy atom. The Hall–Kier alpha value is -2.05. The van der Waals surface area contributed by atoms with Gasteiger partial charge in [0.25, 0.3) is 5.91 Å². The smallest absolute Gasteiger partial charge is 0.258 e. The summed E-state index contributed by atoms with van der Waals surface area (Å²) < 4.78 is 18.4. The van der Waals surface area contributed by atoms with Crippen molar-refractivity contribution in [1.29, 1.82) is 0 Å². The SMILES string of the molecule is CC1(C)Cc2cccc(OCC(=O)NC3(c4cccc(Br)c4)CCOCC3)c2O1. The second-order valence-corrected chi connectivity index (χ2v) is 9.24. The number of fused-ring (bicyclic) bond motifs is 1. The van der Waals surface area contributed by atoms with E-state index in [4.69, 9.17) is 14.2 Å². The maximum atomic E-state index is 12.8. The molecule has 0 aromatic heterocycles. The highest BCUT2D eigenvalue weighted by Gasteiger charge is 2.36. The van der Waals surface area contributed by atoms with Crippen molar-refractivity contribution < 1.29 is 19.0 Å². The molecule has 4 rings (SSSR count). The Bertz CT molecular complexity index is 906. The maximum absolute atomic E-state index is 12.8. The summed E-state index contributed by atoms with van der Waals surface area (Å²) in [6, 6.07) is 13.9. The van der Waals surface area contributed by atoms with Gasteiger partial charge in [0.15, 0.2) is 18.1 Å². The summed E-state index contributed by atoms with van der Waals surface area (Å²) in [5.74, 6) is 1.21. The lowest BCUT2D eigenvalue weighted by molar-refractivity contribution is -0.126. The molecule has 5 nitrogen and oxygen atoms in total. The van der Waals surface area contributed by atoms with Crippen LogP contribution in [-0.2, 0) is 21.5 Å². The summed E-state index contributed by atoms with van der Waals surface area (Å²) >= 11 is 3.54. The van der Waals surface area contributed by atoms with Crippen LogP contribution < -0.4 is 14.8 Å². The molecule has 2 aliphatic heterocycles. The van der Waals surface area contributed by atoms with E-state index in [1.807, 2.05) is 30.3 Å². The minimum Gasteiger partial charge on any atom is -0.483 e. The average molecular weight is 460 g/mol. The number of nitrogens with one attached hydrogen (secondary N) is 1. The number of hydrogen-bond acceptors (Lipinski definition) is 4. The summed E-state index contributed by atoms with van der Waals surface area (Å²) in [6.07, 6.45) is 2.29. The van der Waals surface area contributed by atoms with Crippen molar-refractivity contribution in [1.82, 2.24) is 5.32 Å². The molecular formula is C23H26BrNO4. The van der Waals surface area contributed by atoms with Gasteiger partial charge < -0.3 is 19.5 Å². The summed E-state index contributed by atoms with van der Waals surface area (Å²) in [4.78, 5) is 12.8. The van der Waals surface area contributed by atoms with Crippen LogP contribution in [0.2, 0.25) is 0 Å². The number of carbonyl (C=O) groups excluding carboxylic acids is 1. The van der Waals surface area contributed by atoms with Crippen LogP contribution in [0.25, 0.3) is 0 Å². The van der Waals surface area contributed by atoms with Gasteiger partial charge in [-0.3, -0.25) is 4.79 Å². The molecule has 2 heterocycles. The third kappa shape index (κ3) is 4.43. The molecular weight excluding hydrogens is 434 g/mol. The lowest BCUT2D eigenvalue weighted by atomic mass is 9.82. The molecule has 0 saturated carbocycles. The Morgan fingerprint density at radius 3 is 2.69 bits per heavy atom. The minimum absolute atomic E-state index is 0.0587. The van der Waals surface area contributed by atoms with Crippen LogP contribution in [0.4, 0.5) is 0 Å². The first-order valence-electron chi connectivity index (χ1n) is 9.95. The Kier molecular flexibility index (Phi) is 5.58. The number of amides is 1. The normalized spacial score (nSPS) is 19.1. The summed E-state index contributed by atoms with van der Waals surface area (Å²) in [5.41, 5.74) is 1.49. The third-order valence-electron chi connectivity index (χ3n) is 5.52. The number of para-hydroxylation sites is 1. The first-order chi connectivity index (χ1) is 13.9. The highest BCUT2D eigenvalue weighted by molar-refractivity contribution is 9.10. The molecule has 0 spiro atoms. The van der Waals surface area contributed by atoms with Gasteiger partial charge in [0.1, 0.15) is 5.60 Å². The fraction of sp³-hybridized carbons (Fsp3) is 0.435. The van der Waals surface area contributed by atoms with E-state index in [0.29, 0.717) is 19.0 Å². The summed E-state index contributed by atoms with van der Waals surface area (Å²) in [7, 11) is 0. The number of rotatable bonds is 5. The highest BCUT2D eigenvalue weighted by Crippen LogP contribution is 2.41. The molecule has 0 radical (unpaired) electrons. The largest absolute Gasteiger partial charge is 0.483 e. The first kappa shape index (κ1) is 20.2. The van der Waals surface area contributed by atoms with Crippen LogP contribution in [0.15, 0.2) is 46.9 Å². The van der Waals surface area contributed by atoms with E-state index in [2.05, 4.69) is 47.2 Å². The Balaban J connectivity index is 1.47. The van der Waals surface area contributed by atoms with Crippen molar-refractivity contribution >= 4 is 21.8 Å². The van der Waals surface area contributed by atoms with Crippen LogP contribution >= 0.6 is 15.9 Å². The molecule has 0 unspecified atom stereocenters. The molecule has 0 atom stereocenters. The Morgan fingerprint density at radius 1 is 1.17 bits per heavy atom. The Labute approximate surface area is 179 Å². The van der Waals surface area contributed by atoms with E-state index in [1.54, 1.807) is 0 Å². The molecule has 1 N–H and O–H groups in total. The van der Waals surface area contributed by atoms with Gasteiger partial charge in [-0.25, -0.2) is 0 Å². The third-order valence-corrected chi connectivity index (χ3v) is 6.01. The second-order valence-electron chi connectivity index (χ2n) is 8.32. The van der Waals surface area contributed by atoms with Gasteiger partial charge in [0, 0.05) is 29.7 Å². The van der Waals surface area contributed by atoms with Gasteiger partial charge >= 0.3 is 0 Å². The van der Waals surface area contributed by atoms with Crippen LogP contribution in [0.3, 0.4) is 0 Å². The molecule has 29 heavy (non-hydrogen) atoms. The van der Waals surface area contributed by atoms with E-state index >= 15 is 0 Å². The van der Waals surface area contributed by atoms with Crippen LogP contribution in [0.1, 0.15) is 37.8 Å². The standard InChI is InChI=1S/C23H26BrNO4/c1-22(2)14-16-5-3-8-19(21(16)29-22)28-15-20(26)25-23(9-11-27-12-10-23)17-6-4-7-18(24)13-17/h3-8,13H,9-12,14-15H2,1-2H3,(H,25,26). The quantitative estimate of drug-likeness (QED) is 0.721. The van der Waals surface area contributed by atoms with Crippen molar-refractivity contribution in [2.45, 2.75) is 44.2 Å². The van der Waals surface area contributed by atoms with Gasteiger partial charge in [0.05, 0.1) is 5.54 Å². The van der Waals surface area contributed by atoms with Gasteiger partial charge in [0.2, 0.25) is 0 Å². The molecule has 1 amide bonds. The fourth-order valence-corrected chi connectivity index (χ4v) is 4.54. The second kappa shape index (κ2) is 8.00. The predicted octanol–water partition coefficient (Wildman–Crippen LogP) is 4.36. The molecule has 2 aliphatic rings. The highest BCUT2D eigenvalue weighted by atomic mass is 79.9. The van der Waals surface area contributed by atoms with E-state index < -0.39 is 5.54 Å². The zero-order chi connectivity index (χ0) is 20.5. The molecule has 0 bridgehead atoms. The fourth-order valence-electron chi connectivity index (χ4n) is 4.14. The topological polar surface area (TPSA) is 56.8 Å². The van der Waals surface area contributed by atoms with Gasteiger partial charge in [-0.05, 0) is 50.5 Å². The number of carbonyl (C=O) groups is 1. The monoisotopic (exact) mass is 459 g/mol. The van der Waals surface area contributed by atoms with Gasteiger partial charge in [-0.15, -0.1) is 0 Å². The number of benzene rings is 2. The van der Waals surface area contributed by atoms with E-state index in [9.17, 15) is 4.79 Å². The van der Waals surface area contributed by atoms with Gasteiger partial charge in [-0.2, -0.15) is 0 Å². The molecule has 2 aromatic carbocycles. The van der Waals surface area contributed by atoms with Crippen molar-refractivity contribution in [3.05, 3.63) is 58.1 Å². The van der Waals surface area contributed by atoms with E-state index in [1.165, 1.54) is 0 Å². The van der Waals surface area contributed by atoms with Crippen molar-refractivity contribution in [2.75, 3.05) is 19.8 Å². The van der Waals surface area contributed by atoms with Crippen molar-refractivity contribution in [3.8, 4) is 11.5 Å². The molecule has 154 valence electrons. The number of hydrogen-bond donors (Lipinski definition) is 1. The number of halogens is 1. The molecule has 1 saturated heterocycles. The van der Waals surface area contributed by atoms with Crippen LogP contribution in [0, 0.1) is 0 Å². The van der Waals surface area contributed by atoms with Crippen molar-refractivity contribution in [2.24, 2.45) is 0 Å². The summed E-state index contributed by atoms with van der Waals surface area (Å²) in [6.45, 7) is 5.27. The minimum atomic E-state index is -0.445. The molecule has 2 aromatic rings. The molecule has 6 heteroatoms. The zero-order valence-corrected chi connectivity index (χ0v) is 18.4. The number of ether oxygens (including phenoxy) is 3. The van der Waals surface area contributed by atoms with Crippen LogP contribution in [0.5, 0.6) is 11.5 Å². The first-order valence-corrected chi connectivity index (χ1v) is 10.7. The summed E-state index contributed by atoms with van der Waals surface area (Å²) in [5, 5.41) is 3.22. The lowest BCUT2D eigenvalue weighted by Gasteiger charge is -2.38. The average Bonchev–Trinajstić information content (AvgIpc) is 3.01. The lowest BCUT2D eigenvalue weighted by Crippen LogP contribution is -2.50. The van der Waals surface area contributed by atoms with E-state index in [-0.39, 0.29) is 18.1 Å². The van der Waals surface area contributed by atoms with Crippen LogP contribution in [-0.4, -0.2) is 31.3 Å². The molecule has 0 aliphatic carbocycles. The van der Waals surface area contributed by atoms with E-state index in [0.717, 1.165) is 40.6 Å². The zero-order valence-electron chi connectivity index (χ0n) is 16.8. The molecule has 1 fully saturated rings. The predicted molar refractivity (Wildman–Crippen MR) is 114 cm³/mol.